The minimum absolute atomic E-state index is 0.0372. The highest BCUT2D eigenvalue weighted by Crippen LogP contribution is 2.49. The summed E-state index contributed by atoms with van der Waals surface area (Å²) >= 11 is 6.52. The maximum Gasteiger partial charge on any atom is 0.307 e. The fourth-order valence-corrected chi connectivity index (χ4v) is 4.75. The zero-order valence-electron chi connectivity index (χ0n) is 19.1. The molecule has 3 rings (SSSR count). The summed E-state index contributed by atoms with van der Waals surface area (Å²) in [6, 6.07) is 13.6. The molecule has 0 unspecified atom stereocenters. The fourth-order valence-electron chi connectivity index (χ4n) is 4.48. The minimum atomic E-state index is -0.858. The molecule has 2 aromatic rings. The third-order valence-electron chi connectivity index (χ3n) is 6.23. The third kappa shape index (κ3) is 5.73. The van der Waals surface area contributed by atoms with Crippen LogP contribution in [0.4, 0.5) is 0 Å². The Morgan fingerprint density at radius 3 is 2.66 bits per heavy atom. The number of halogens is 1. The van der Waals surface area contributed by atoms with Gasteiger partial charge >= 0.3 is 5.97 Å². The number of hydrogen-bond acceptors (Lipinski definition) is 3. The van der Waals surface area contributed by atoms with Gasteiger partial charge in [0, 0.05) is 22.4 Å². The standard InChI is InChI=1S/C27H33ClO4/c1-5-6-13-31-25-12-11-19(15-26(29)30)14-23(25)27-21(17(2)3)16-22(18(4)32-27)20-9-7-8-10-24(20)28/h7-12,14,18,21-22,27H,2,5-6,13,15-16H2,1,3-4H3,(H,29,30)/t18-,21-,22+,27+/m1/s1. The van der Waals surface area contributed by atoms with Gasteiger partial charge in [-0.05, 0) is 56.0 Å². The van der Waals surface area contributed by atoms with E-state index < -0.39 is 5.97 Å². The van der Waals surface area contributed by atoms with Crippen molar-refractivity contribution in [1.29, 1.82) is 0 Å². The first-order valence-corrected chi connectivity index (χ1v) is 11.7. The van der Waals surface area contributed by atoms with E-state index in [1.165, 1.54) is 0 Å². The molecule has 32 heavy (non-hydrogen) atoms. The monoisotopic (exact) mass is 456 g/mol. The van der Waals surface area contributed by atoms with Crippen molar-refractivity contribution in [1.82, 2.24) is 0 Å². The molecule has 0 radical (unpaired) electrons. The van der Waals surface area contributed by atoms with Crippen LogP contribution in [-0.4, -0.2) is 23.8 Å². The number of unbranched alkanes of at least 4 members (excludes halogenated alkanes) is 1. The van der Waals surface area contributed by atoms with E-state index in [-0.39, 0.29) is 30.5 Å². The Balaban J connectivity index is 1.98. The first-order chi connectivity index (χ1) is 15.3. The van der Waals surface area contributed by atoms with E-state index >= 15 is 0 Å². The van der Waals surface area contributed by atoms with E-state index in [0.717, 1.165) is 52.3 Å². The lowest BCUT2D eigenvalue weighted by Gasteiger charge is -2.42. The smallest absolute Gasteiger partial charge is 0.307 e. The largest absolute Gasteiger partial charge is 0.493 e. The Morgan fingerprint density at radius 2 is 2.00 bits per heavy atom. The van der Waals surface area contributed by atoms with Crippen molar-refractivity contribution in [2.75, 3.05) is 6.61 Å². The van der Waals surface area contributed by atoms with Crippen LogP contribution in [0.3, 0.4) is 0 Å². The Morgan fingerprint density at radius 1 is 1.25 bits per heavy atom. The summed E-state index contributed by atoms with van der Waals surface area (Å²) in [6.07, 6.45) is 2.48. The average molecular weight is 457 g/mol. The van der Waals surface area contributed by atoms with Gasteiger partial charge in [-0.3, -0.25) is 4.79 Å². The van der Waals surface area contributed by atoms with Crippen molar-refractivity contribution in [3.05, 3.63) is 76.3 Å². The van der Waals surface area contributed by atoms with Crippen LogP contribution < -0.4 is 4.74 Å². The van der Waals surface area contributed by atoms with Crippen molar-refractivity contribution >= 4 is 17.6 Å². The first kappa shape index (κ1) is 24.3. The van der Waals surface area contributed by atoms with E-state index in [9.17, 15) is 9.90 Å². The molecule has 1 saturated heterocycles. The van der Waals surface area contributed by atoms with Crippen LogP contribution in [-0.2, 0) is 16.0 Å². The molecule has 5 heteroatoms. The quantitative estimate of drug-likeness (QED) is 0.327. The fraction of sp³-hybridized carbons (Fsp3) is 0.444. The number of ether oxygens (including phenoxy) is 2. The van der Waals surface area contributed by atoms with E-state index in [1.54, 1.807) is 0 Å². The third-order valence-corrected chi connectivity index (χ3v) is 6.57. The Bertz CT molecular complexity index is 954. The van der Waals surface area contributed by atoms with Crippen LogP contribution in [0.2, 0.25) is 5.02 Å². The number of rotatable bonds is 9. The minimum Gasteiger partial charge on any atom is -0.493 e. The van der Waals surface area contributed by atoms with Gasteiger partial charge in [-0.1, -0.05) is 61.4 Å². The molecule has 0 spiro atoms. The summed E-state index contributed by atoms with van der Waals surface area (Å²) in [5.74, 6) is 0.102. The average Bonchev–Trinajstić information content (AvgIpc) is 2.74. The van der Waals surface area contributed by atoms with E-state index in [1.807, 2.05) is 43.3 Å². The summed E-state index contributed by atoms with van der Waals surface area (Å²) in [6.45, 7) is 11.1. The maximum atomic E-state index is 11.3. The van der Waals surface area contributed by atoms with Crippen molar-refractivity contribution in [3.8, 4) is 5.75 Å². The Hall–Kier alpha value is -2.30. The number of carbonyl (C=O) groups is 1. The second-order valence-electron chi connectivity index (χ2n) is 8.72. The van der Waals surface area contributed by atoms with Crippen LogP contribution >= 0.6 is 11.6 Å². The summed E-state index contributed by atoms with van der Waals surface area (Å²) < 4.78 is 12.7. The van der Waals surface area contributed by atoms with Crippen molar-refractivity contribution in [2.45, 2.75) is 64.6 Å². The van der Waals surface area contributed by atoms with Crippen LogP contribution in [0, 0.1) is 5.92 Å². The van der Waals surface area contributed by atoms with Gasteiger partial charge in [-0.2, -0.15) is 0 Å². The van der Waals surface area contributed by atoms with Crippen molar-refractivity contribution in [2.24, 2.45) is 5.92 Å². The number of aliphatic carboxylic acids is 1. The zero-order valence-corrected chi connectivity index (χ0v) is 19.9. The molecule has 1 N–H and O–H groups in total. The highest BCUT2D eigenvalue weighted by Gasteiger charge is 2.39. The molecule has 2 aromatic carbocycles. The molecule has 0 amide bonds. The number of carboxylic acid groups (broad SMARTS) is 1. The van der Waals surface area contributed by atoms with Gasteiger partial charge < -0.3 is 14.6 Å². The maximum absolute atomic E-state index is 11.3. The predicted molar refractivity (Wildman–Crippen MR) is 129 cm³/mol. The first-order valence-electron chi connectivity index (χ1n) is 11.3. The topological polar surface area (TPSA) is 55.8 Å². The molecular formula is C27H33ClO4. The van der Waals surface area contributed by atoms with Gasteiger partial charge in [0.2, 0.25) is 0 Å². The summed E-state index contributed by atoms with van der Waals surface area (Å²) in [4.78, 5) is 11.3. The number of carboxylic acids is 1. The van der Waals surface area contributed by atoms with Crippen molar-refractivity contribution in [3.63, 3.8) is 0 Å². The van der Waals surface area contributed by atoms with E-state index in [4.69, 9.17) is 21.1 Å². The molecule has 4 nitrogen and oxygen atoms in total. The lowest BCUT2D eigenvalue weighted by Crippen LogP contribution is -2.34. The Kier molecular flexibility index (Phi) is 8.38. The Labute approximate surface area is 196 Å². The van der Waals surface area contributed by atoms with E-state index in [2.05, 4.69) is 26.5 Å². The van der Waals surface area contributed by atoms with Gasteiger partial charge in [0.15, 0.2) is 0 Å². The molecule has 0 saturated carbocycles. The normalized spacial score (nSPS) is 23.0. The number of hydrogen-bond donors (Lipinski definition) is 1. The second-order valence-corrected chi connectivity index (χ2v) is 9.13. The molecule has 0 aliphatic carbocycles. The zero-order chi connectivity index (χ0) is 23.3. The molecule has 0 bridgehead atoms. The van der Waals surface area contributed by atoms with Crippen LogP contribution in [0.1, 0.15) is 68.7 Å². The summed E-state index contributed by atoms with van der Waals surface area (Å²) in [5, 5.41) is 10.0. The van der Waals surface area contributed by atoms with Crippen LogP contribution in [0.15, 0.2) is 54.6 Å². The summed E-state index contributed by atoms with van der Waals surface area (Å²) in [5.41, 5.74) is 3.75. The van der Waals surface area contributed by atoms with E-state index in [0.29, 0.717) is 6.61 Å². The predicted octanol–water partition coefficient (Wildman–Crippen LogP) is 6.97. The molecule has 1 aliphatic rings. The molecule has 0 aromatic heterocycles. The summed E-state index contributed by atoms with van der Waals surface area (Å²) in [7, 11) is 0. The highest BCUT2D eigenvalue weighted by molar-refractivity contribution is 6.31. The highest BCUT2D eigenvalue weighted by atomic mass is 35.5. The van der Waals surface area contributed by atoms with Crippen LogP contribution in [0.25, 0.3) is 0 Å². The molecule has 1 heterocycles. The lowest BCUT2D eigenvalue weighted by molar-refractivity contribution is -0.136. The van der Waals surface area contributed by atoms with Gasteiger partial charge in [0.1, 0.15) is 5.75 Å². The molecule has 1 aliphatic heterocycles. The molecule has 4 atom stereocenters. The lowest BCUT2D eigenvalue weighted by atomic mass is 9.75. The molecular weight excluding hydrogens is 424 g/mol. The second kappa shape index (κ2) is 11.0. The SMILES string of the molecule is C=C(C)[C@H]1C[C@H](c2ccccc2Cl)[C@@H](C)O[C@@H]1c1cc(CC(=O)O)ccc1OCCCC. The molecule has 1 fully saturated rings. The number of benzene rings is 2. The van der Waals surface area contributed by atoms with Gasteiger partial charge in [-0.25, -0.2) is 0 Å². The van der Waals surface area contributed by atoms with Crippen LogP contribution in [0.5, 0.6) is 5.75 Å². The van der Waals surface area contributed by atoms with Gasteiger partial charge in [0.25, 0.3) is 0 Å². The van der Waals surface area contributed by atoms with Crippen molar-refractivity contribution < 1.29 is 19.4 Å². The molecule has 172 valence electrons. The van der Waals surface area contributed by atoms with Gasteiger partial charge in [0.05, 0.1) is 25.2 Å². The van der Waals surface area contributed by atoms with Gasteiger partial charge in [-0.15, -0.1) is 0 Å².